The highest BCUT2D eigenvalue weighted by Gasteiger charge is 2.09. The van der Waals surface area contributed by atoms with Gasteiger partial charge in [-0.2, -0.15) is 0 Å². The van der Waals surface area contributed by atoms with Crippen molar-refractivity contribution in [3.05, 3.63) is 83.6 Å². The standard InChI is InChI=1S/C27H28N2O3/c30-25(20-26(31)10-7-23-5-8-24-11-13-28-27(24)19-23)9-6-21-1-3-22(4-2-21)12-14-29-15-17-32-18-16-29/h1-11,13,19,28H,12,14-18,20H2. The summed E-state index contributed by atoms with van der Waals surface area (Å²) in [5.41, 5.74) is 4.17. The normalized spacial score (nSPS) is 15.1. The molecule has 0 atom stereocenters. The second-order valence-electron chi connectivity index (χ2n) is 8.05. The summed E-state index contributed by atoms with van der Waals surface area (Å²) in [7, 11) is 0. The second kappa shape index (κ2) is 10.8. The summed E-state index contributed by atoms with van der Waals surface area (Å²) < 4.78 is 5.38. The quantitative estimate of drug-likeness (QED) is 0.408. The van der Waals surface area contributed by atoms with E-state index < -0.39 is 0 Å². The van der Waals surface area contributed by atoms with E-state index in [9.17, 15) is 9.59 Å². The first-order valence-corrected chi connectivity index (χ1v) is 11.0. The fraction of sp³-hybridized carbons (Fsp3) is 0.259. The molecule has 1 fully saturated rings. The van der Waals surface area contributed by atoms with E-state index in [0.717, 1.165) is 61.3 Å². The Kier molecular flexibility index (Phi) is 7.43. The number of carbonyl (C=O) groups excluding carboxylic acids is 2. The van der Waals surface area contributed by atoms with Crippen LogP contribution in [0.5, 0.6) is 0 Å². The van der Waals surface area contributed by atoms with E-state index >= 15 is 0 Å². The summed E-state index contributed by atoms with van der Waals surface area (Å²) in [6, 6.07) is 16.1. The van der Waals surface area contributed by atoms with Crippen molar-refractivity contribution in [3.8, 4) is 0 Å². The first kappa shape index (κ1) is 21.9. The molecule has 1 N–H and O–H groups in total. The van der Waals surface area contributed by atoms with Crippen LogP contribution in [-0.2, 0) is 20.7 Å². The molecule has 5 nitrogen and oxygen atoms in total. The molecule has 2 heterocycles. The minimum atomic E-state index is -0.204. The van der Waals surface area contributed by atoms with E-state index in [2.05, 4.69) is 22.0 Å². The molecule has 1 aromatic heterocycles. The van der Waals surface area contributed by atoms with Crippen LogP contribution in [0.15, 0.2) is 66.9 Å². The topological polar surface area (TPSA) is 62.4 Å². The van der Waals surface area contributed by atoms with Crippen LogP contribution in [0.2, 0.25) is 0 Å². The Labute approximate surface area is 188 Å². The summed E-state index contributed by atoms with van der Waals surface area (Å²) in [5.74, 6) is -0.402. The van der Waals surface area contributed by atoms with Gasteiger partial charge in [0.1, 0.15) is 0 Å². The third-order valence-electron chi connectivity index (χ3n) is 5.65. The lowest BCUT2D eigenvalue weighted by Gasteiger charge is -2.26. The zero-order chi connectivity index (χ0) is 22.2. The van der Waals surface area contributed by atoms with Crippen molar-refractivity contribution < 1.29 is 14.3 Å². The van der Waals surface area contributed by atoms with Crippen LogP contribution in [0.25, 0.3) is 23.1 Å². The highest BCUT2D eigenvalue weighted by atomic mass is 16.5. The van der Waals surface area contributed by atoms with Crippen molar-refractivity contribution in [1.82, 2.24) is 9.88 Å². The number of fused-ring (bicyclic) bond motifs is 1. The summed E-state index contributed by atoms with van der Waals surface area (Å²) >= 11 is 0. The predicted octanol–water partition coefficient (Wildman–Crippen LogP) is 4.30. The van der Waals surface area contributed by atoms with E-state index in [1.54, 1.807) is 12.2 Å². The maximum absolute atomic E-state index is 12.2. The van der Waals surface area contributed by atoms with E-state index in [0.29, 0.717) is 0 Å². The smallest absolute Gasteiger partial charge is 0.163 e. The van der Waals surface area contributed by atoms with Crippen molar-refractivity contribution in [3.63, 3.8) is 0 Å². The lowest BCUT2D eigenvalue weighted by atomic mass is 10.1. The first-order valence-electron chi connectivity index (χ1n) is 11.0. The fourth-order valence-electron chi connectivity index (χ4n) is 3.74. The van der Waals surface area contributed by atoms with E-state index in [-0.39, 0.29) is 18.0 Å². The number of rotatable bonds is 9. The van der Waals surface area contributed by atoms with E-state index in [1.165, 1.54) is 17.7 Å². The lowest BCUT2D eigenvalue weighted by Crippen LogP contribution is -2.37. The number of aromatic amines is 1. The minimum absolute atomic E-state index is 0.130. The molecule has 32 heavy (non-hydrogen) atoms. The molecule has 4 rings (SSSR count). The summed E-state index contributed by atoms with van der Waals surface area (Å²) in [6.45, 7) is 4.67. The number of carbonyl (C=O) groups is 2. The monoisotopic (exact) mass is 428 g/mol. The largest absolute Gasteiger partial charge is 0.379 e. The Balaban J connectivity index is 1.23. The number of nitrogens with zero attached hydrogens (tertiary/aromatic N) is 1. The van der Waals surface area contributed by atoms with Gasteiger partial charge in [0.2, 0.25) is 0 Å². The Bertz CT molecular complexity index is 1120. The number of morpholine rings is 1. The molecule has 2 aromatic carbocycles. The molecule has 0 radical (unpaired) electrons. The Hall–Kier alpha value is -3.28. The van der Waals surface area contributed by atoms with Crippen LogP contribution in [-0.4, -0.2) is 54.3 Å². The number of aromatic nitrogens is 1. The van der Waals surface area contributed by atoms with Gasteiger partial charge >= 0.3 is 0 Å². The summed E-state index contributed by atoms with van der Waals surface area (Å²) in [4.78, 5) is 29.9. The van der Waals surface area contributed by atoms with Gasteiger partial charge in [-0.1, -0.05) is 48.6 Å². The van der Waals surface area contributed by atoms with Gasteiger partial charge in [-0.15, -0.1) is 0 Å². The van der Waals surface area contributed by atoms with Gasteiger partial charge in [0.25, 0.3) is 0 Å². The number of hydrogen-bond donors (Lipinski definition) is 1. The molecule has 0 bridgehead atoms. The number of nitrogens with one attached hydrogen (secondary N) is 1. The molecule has 1 aliphatic rings. The lowest BCUT2D eigenvalue weighted by molar-refractivity contribution is -0.121. The minimum Gasteiger partial charge on any atom is -0.379 e. The predicted molar refractivity (Wildman–Crippen MR) is 128 cm³/mol. The molecule has 3 aromatic rings. The maximum Gasteiger partial charge on any atom is 0.163 e. The van der Waals surface area contributed by atoms with Crippen LogP contribution >= 0.6 is 0 Å². The molecule has 0 aliphatic carbocycles. The first-order chi connectivity index (χ1) is 15.7. The number of ether oxygens (including phenoxy) is 1. The molecule has 0 unspecified atom stereocenters. The fourth-order valence-corrected chi connectivity index (χ4v) is 3.74. The summed E-state index contributed by atoms with van der Waals surface area (Å²) in [6.07, 6.45) is 9.22. The van der Waals surface area contributed by atoms with Crippen LogP contribution in [0.1, 0.15) is 23.1 Å². The Morgan fingerprint density at radius 2 is 1.59 bits per heavy atom. The van der Waals surface area contributed by atoms with E-state index in [4.69, 9.17) is 4.74 Å². The van der Waals surface area contributed by atoms with Crippen molar-refractivity contribution in [2.75, 3.05) is 32.8 Å². The van der Waals surface area contributed by atoms with Gasteiger partial charge in [-0.3, -0.25) is 14.5 Å². The highest BCUT2D eigenvalue weighted by Crippen LogP contribution is 2.15. The van der Waals surface area contributed by atoms with Gasteiger partial charge in [-0.25, -0.2) is 0 Å². The number of benzene rings is 2. The zero-order valence-corrected chi connectivity index (χ0v) is 18.1. The molecule has 0 amide bonds. The molecular formula is C27H28N2O3. The number of allylic oxidation sites excluding steroid dienone is 2. The Morgan fingerprint density at radius 1 is 0.906 bits per heavy atom. The highest BCUT2D eigenvalue weighted by molar-refractivity contribution is 6.11. The molecule has 0 saturated carbocycles. The van der Waals surface area contributed by atoms with Crippen molar-refractivity contribution in [2.24, 2.45) is 0 Å². The van der Waals surface area contributed by atoms with E-state index in [1.807, 2.05) is 42.6 Å². The van der Waals surface area contributed by atoms with Gasteiger partial charge in [0.15, 0.2) is 11.6 Å². The average Bonchev–Trinajstić information content (AvgIpc) is 3.29. The molecular weight excluding hydrogens is 400 g/mol. The molecule has 1 aliphatic heterocycles. The van der Waals surface area contributed by atoms with Gasteiger partial charge in [0.05, 0.1) is 19.6 Å². The third-order valence-corrected chi connectivity index (χ3v) is 5.65. The second-order valence-corrected chi connectivity index (χ2v) is 8.05. The van der Waals surface area contributed by atoms with Crippen LogP contribution in [0, 0.1) is 0 Å². The number of H-pyrrole nitrogens is 1. The SMILES string of the molecule is O=C(C=Cc1ccc(CCN2CCOCC2)cc1)CC(=O)C=Cc1ccc2cc[nH]c2c1. The zero-order valence-electron chi connectivity index (χ0n) is 18.1. The Morgan fingerprint density at radius 3 is 2.34 bits per heavy atom. The van der Waals surface area contributed by atoms with Crippen LogP contribution < -0.4 is 0 Å². The number of hydrogen-bond acceptors (Lipinski definition) is 4. The molecule has 5 heteroatoms. The number of ketones is 2. The average molecular weight is 429 g/mol. The molecule has 0 spiro atoms. The van der Waals surface area contributed by atoms with Gasteiger partial charge < -0.3 is 9.72 Å². The maximum atomic E-state index is 12.2. The molecule has 164 valence electrons. The van der Waals surface area contributed by atoms with Crippen molar-refractivity contribution >= 4 is 34.6 Å². The molecule has 1 saturated heterocycles. The van der Waals surface area contributed by atoms with Crippen molar-refractivity contribution in [2.45, 2.75) is 12.8 Å². The third kappa shape index (κ3) is 6.36. The van der Waals surface area contributed by atoms with Crippen LogP contribution in [0.3, 0.4) is 0 Å². The van der Waals surface area contributed by atoms with Gasteiger partial charge in [-0.05, 0) is 52.8 Å². The van der Waals surface area contributed by atoms with Gasteiger partial charge in [0, 0.05) is 31.3 Å². The van der Waals surface area contributed by atoms with Crippen molar-refractivity contribution in [1.29, 1.82) is 0 Å². The summed E-state index contributed by atoms with van der Waals surface area (Å²) in [5, 5.41) is 1.12. The van der Waals surface area contributed by atoms with Crippen LogP contribution in [0.4, 0.5) is 0 Å².